The van der Waals surface area contributed by atoms with E-state index in [4.69, 9.17) is 19.4 Å². The maximum Gasteiger partial charge on any atom is 0.164 e. The summed E-state index contributed by atoms with van der Waals surface area (Å²) in [4.78, 5) is 15.6. The van der Waals surface area contributed by atoms with Crippen molar-refractivity contribution in [1.29, 1.82) is 0 Å². The zero-order valence-corrected chi connectivity index (χ0v) is 28.5. The molecule has 0 N–H and O–H groups in total. The molecule has 53 heavy (non-hydrogen) atoms. The van der Waals surface area contributed by atoms with E-state index in [0.717, 1.165) is 55.1 Å². The van der Waals surface area contributed by atoms with Gasteiger partial charge in [0, 0.05) is 27.5 Å². The average Bonchev–Trinajstić information content (AvgIpc) is 3.62. The van der Waals surface area contributed by atoms with Crippen LogP contribution in [0.4, 0.5) is 0 Å². The molecule has 2 aromatic heterocycles. The lowest BCUT2D eigenvalue weighted by atomic mass is 9.93. The van der Waals surface area contributed by atoms with Crippen LogP contribution in [0.1, 0.15) is 0 Å². The van der Waals surface area contributed by atoms with Crippen LogP contribution < -0.4 is 0 Å². The third-order valence-corrected chi connectivity index (χ3v) is 10.5. The van der Waals surface area contributed by atoms with Gasteiger partial charge < -0.3 is 4.42 Å². The second-order valence-electron chi connectivity index (χ2n) is 13.6. The van der Waals surface area contributed by atoms with E-state index >= 15 is 0 Å². The van der Waals surface area contributed by atoms with Gasteiger partial charge in [0.1, 0.15) is 11.2 Å². The summed E-state index contributed by atoms with van der Waals surface area (Å²) in [6.45, 7) is 0. The van der Waals surface area contributed by atoms with Crippen molar-refractivity contribution < 1.29 is 4.42 Å². The highest BCUT2D eigenvalue weighted by Gasteiger charge is 2.19. The van der Waals surface area contributed by atoms with Gasteiger partial charge in [-0.25, -0.2) is 15.0 Å². The highest BCUT2D eigenvalue weighted by atomic mass is 16.3. The predicted octanol–water partition coefficient (Wildman–Crippen LogP) is 13.1. The number of rotatable bonds is 4. The Morgan fingerprint density at radius 3 is 1.72 bits per heavy atom. The lowest BCUT2D eigenvalue weighted by molar-refractivity contribution is 0.669. The van der Waals surface area contributed by atoms with Gasteiger partial charge in [-0.3, -0.25) is 0 Å². The first-order chi connectivity index (χ1) is 26.2. The molecule has 0 aliphatic rings. The summed E-state index contributed by atoms with van der Waals surface area (Å²) >= 11 is 0. The lowest BCUT2D eigenvalue weighted by Crippen LogP contribution is -2.01. The topological polar surface area (TPSA) is 51.8 Å². The maximum absolute atomic E-state index is 6.28. The molecule has 2 heterocycles. The Kier molecular flexibility index (Phi) is 6.52. The molecule has 4 heteroatoms. The largest absolute Gasteiger partial charge is 0.456 e. The fourth-order valence-electron chi connectivity index (χ4n) is 7.96. The van der Waals surface area contributed by atoms with Gasteiger partial charge in [0.05, 0.1) is 0 Å². The standard InChI is InChI=1S/C49H29N3O/c1-2-12-32-28-35(21-20-30(32)10-1)47-50-48(52-49(51-47)43-17-9-19-45-46(43)42-16-7-8-18-44(42)53-45)41-15-6-5-14-37(41)33-23-25-38-34(29-33)24-27-39-36-13-4-3-11-31(36)22-26-40(38)39/h1-29H. The van der Waals surface area contributed by atoms with Crippen molar-refractivity contribution >= 4 is 65.0 Å². The fourth-order valence-corrected chi connectivity index (χ4v) is 7.96. The normalized spacial score (nSPS) is 11.8. The molecule has 0 fully saturated rings. The Bertz CT molecular complexity index is 3250. The molecule has 4 nitrogen and oxygen atoms in total. The van der Waals surface area contributed by atoms with Gasteiger partial charge in [-0.2, -0.15) is 0 Å². The van der Waals surface area contributed by atoms with Gasteiger partial charge >= 0.3 is 0 Å². The van der Waals surface area contributed by atoms with Gasteiger partial charge in [-0.15, -0.1) is 0 Å². The van der Waals surface area contributed by atoms with E-state index in [1.54, 1.807) is 0 Å². The first-order valence-corrected chi connectivity index (χ1v) is 17.9. The molecule has 246 valence electrons. The molecule has 0 saturated heterocycles. The maximum atomic E-state index is 6.28. The molecule has 11 aromatic rings. The number of nitrogens with zero attached hydrogens (tertiary/aromatic N) is 3. The van der Waals surface area contributed by atoms with Crippen molar-refractivity contribution in [2.24, 2.45) is 0 Å². The Labute approximate surface area is 304 Å². The van der Waals surface area contributed by atoms with Gasteiger partial charge in [0.2, 0.25) is 0 Å². The van der Waals surface area contributed by atoms with E-state index in [-0.39, 0.29) is 0 Å². The van der Waals surface area contributed by atoms with Crippen molar-refractivity contribution in [3.8, 4) is 45.3 Å². The van der Waals surface area contributed by atoms with Gasteiger partial charge in [0.25, 0.3) is 0 Å². The first-order valence-electron chi connectivity index (χ1n) is 17.9. The van der Waals surface area contributed by atoms with Crippen molar-refractivity contribution in [3.63, 3.8) is 0 Å². The summed E-state index contributed by atoms with van der Waals surface area (Å²) in [5, 5.41) is 11.8. The summed E-state index contributed by atoms with van der Waals surface area (Å²) in [6.07, 6.45) is 0. The second kappa shape index (κ2) is 11.7. The summed E-state index contributed by atoms with van der Waals surface area (Å²) in [7, 11) is 0. The average molecular weight is 676 g/mol. The minimum Gasteiger partial charge on any atom is -0.456 e. The van der Waals surface area contributed by atoms with E-state index in [0.29, 0.717) is 17.5 Å². The van der Waals surface area contributed by atoms with Crippen molar-refractivity contribution in [1.82, 2.24) is 15.0 Å². The Morgan fingerprint density at radius 1 is 0.302 bits per heavy atom. The summed E-state index contributed by atoms with van der Waals surface area (Å²) < 4.78 is 6.28. The zero-order valence-electron chi connectivity index (χ0n) is 28.5. The third kappa shape index (κ3) is 4.80. The number of para-hydroxylation sites is 1. The third-order valence-electron chi connectivity index (χ3n) is 10.5. The molecule has 0 atom stereocenters. The van der Waals surface area contributed by atoms with Crippen LogP contribution in [0, 0.1) is 0 Å². The Balaban J connectivity index is 1.12. The van der Waals surface area contributed by atoms with Crippen LogP contribution in [-0.4, -0.2) is 15.0 Å². The Morgan fingerprint density at radius 2 is 0.849 bits per heavy atom. The molecule has 0 amide bonds. The molecule has 0 spiro atoms. The lowest BCUT2D eigenvalue weighted by Gasteiger charge is -2.14. The molecular weight excluding hydrogens is 647 g/mol. The van der Waals surface area contributed by atoms with Crippen LogP contribution >= 0.6 is 0 Å². The summed E-state index contributed by atoms with van der Waals surface area (Å²) in [5.74, 6) is 1.83. The zero-order chi connectivity index (χ0) is 34.9. The minimum atomic E-state index is 0.599. The number of benzene rings is 9. The monoisotopic (exact) mass is 675 g/mol. The number of furan rings is 1. The first kappa shape index (κ1) is 29.5. The molecule has 0 unspecified atom stereocenters. The predicted molar refractivity (Wildman–Crippen MR) is 219 cm³/mol. The molecule has 0 saturated carbocycles. The van der Waals surface area contributed by atoms with Crippen LogP contribution in [0.2, 0.25) is 0 Å². The van der Waals surface area contributed by atoms with Gasteiger partial charge in [-0.1, -0.05) is 152 Å². The van der Waals surface area contributed by atoms with Gasteiger partial charge in [-0.05, 0) is 78.5 Å². The van der Waals surface area contributed by atoms with Crippen LogP contribution in [-0.2, 0) is 0 Å². The highest BCUT2D eigenvalue weighted by Crippen LogP contribution is 2.39. The number of hydrogen-bond donors (Lipinski definition) is 0. The molecule has 0 bridgehead atoms. The summed E-state index contributed by atoms with van der Waals surface area (Å²) in [5.41, 5.74) is 6.57. The smallest absolute Gasteiger partial charge is 0.164 e. The quantitative estimate of drug-likeness (QED) is 0.174. The van der Waals surface area contributed by atoms with E-state index in [1.165, 1.54) is 37.7 Å². The summed E-state index contributed by atoms with van der Waals surface area (Å²) in [6, 6.07) is 61.7. The van der Waals surface area contributed by atoms with Crippen molar-refractivity contribution in [2.75, 3.05) is 0 Å². The van der Waals surface area contributed by atoms with E-state index in [1.807, 2.05) is 30.3 Å². The second-order valence-corrected chi connectivity index (χ2v) is 13.6. The van der Waals surface area contributed by atoms with E-state index in [9.17, 15) is 0 Å². The van der Waals surface area contributed by atoms with Crippen LogP contribution in [0.25, 0.3) is 110 Å². The van der Waals surface area contributed by atoms with Gasteiger partial charge in [0.15, 0.2) is 17.5 Å². The van der Waals surface area contributed by atoms with Crippen LogP contribution in [0.5, 0.6) is 0 Å². The van der Waals surface area contributed by atoms with Crippen LogP contribution in [0.15, 0.2) is 180 Å². The van der Waals surface area contributed by atoms with E-state index < -0.39 is 0 Å². The van der Waals surface area contributed by atoms with E-state index in [2.05, 4.69) is 146 Å². The molecule has 9 aromatic carbocycles. The number of hydrogen-bond acceptors (Lipinski definition) is 4. The number of fused-ring (bicyclic) bond motifs is 9. The molecule has 0 radical (unpaired) electrons. The van der Waals surface area contributed by atoms with Crippen LogP contribution in [0.3, 0.4) is 0 Å². The molecule has 0 aliphatic heterocycles. The fraction of sp³-hybridized carbons (Fsp3) is 0. The molecular formula is C49H29N3O. The Hall–Kier alpha value is -7.17. The molecule has 11 rings (SSSR count). The number of aromatic nitrogens is 3. The SMILES string of the molecule is c1ccc(-c2nc(-c3ccc4ccccc4c3)nc(-c3cccc4oc5ccccc5c34)n2)c(-c2ccc3c(ccc4c5ccccc5ccc34)c2)c1. The van der Waals surface area contributed by atoms with Crippen molar-refractivity contribution in [3.05, 3.63) is 176 Å². The highest BCUT2D eigenvalue weighted by molar-refractivity contribution is 6.17. The minimum absolute atomic E-state index is 0.599. The van der Waals surface area contributed by atoms with Crippen molar-refractivity contribution in [2.45, 2.75) is 0 Å². The molecule has 0 aliphatic carbocycles.